The van der Waals surface area contributed by atoms with Crippen LogP contribution in [-0.4, -0.2) is 22.5 Å². The van der Waals surface area contributed by atoms with E-state index in [0.29, 0.717) is 17.1 Å². The van der Waals surface area contributed by atoms with Gasteiger partial charge < -0.3 is 10.0 Å². The molecule has 0 radical (unpaired) electrons. The van der Waals surface area contributed by atoms with Gasteiger partial charge in [-0.1, -0.05) is 30.7 Å². The summed E-state index contributed by atoms with van der Waals surface area (Å²) in [6.07, 6.45) is 4.47. The Labute approximate surface area is 134 Å². The normalized spacial score (nSPS) is 16.2. The van der Waals surface area contributed by atoms with Gasteiger partial charge in [0, 0.05) is 24.0 Å². The molecule has 1 aromatic heterocycles. The van der Waals surface area contributed by atoms with E-state index >= 15 is 0 Å². The first kappa shape index (κ1) is 15.0. The number of aliphatic hydroxyl groups is 1. The first-order valence-electron chi connectivity index (χ1n) is 7.29. The number of carbonyl (C=O) groups excluding carboxylic acids is 1. The maximum Gasteiger partial charge on any atom is 0.263 e. The van der Waals surface area contributed by atoms with Crippen molar-refractivity contribution in [3.8, 4) is 0 Å². The molecular formula is C17H17ClN2O2. The summed E-state index contributed by atoms with van der Waals surface area (Å²) in [5, 5.41) is 11.5. The van der Waals surface area contributed by atoms with Crippen LogP contribution in [0.25, 0.3) is 0 Å². The van der Waals surface area contributed by atoms with Gasteiger partial charge in [0.1, 0.15) is 0 Å². The molecule has 1 aliphatic heterocycles. The van der Waals surface area contributed by atoms with E-state index in [1.807, 2.05) is 6.07 Å². The third kappa shape index (κ3) is 2.38. The first-order chi connectivity index (χ1) is 10.6. The molecule has 1 amide bonds. The highest BCUT2D eigenvalue weighted by molar-refractivity contribution is 6.30. The molecule has 2 heterocycles. The van der Waals surface area contributed by atoms with Crippen LogP contribution in [0.15, 0.2) is 42.7 Å². The zero-order valence-corrected chi connectivity index (χ0v) is 13.0. The van der Waals surface area contributed by atoms with Gasteiger partial charge in [-0.3, -0.25) is 9.78 Å². The third-order valence-electron chi connectivity index (χ3n) is 4.19. The summed E-state index contributed by atoms with van der Waals surface area (Å²) in [5.74, 6) is -0.317. The van der Waals surface area contributed by atoms with Gasteiger partial charge in [0.05, 0.1) is 5.69 Å². The maximum atomic E-state index is 13.0. The standard InChI is InChI=1S/C17H17ClN2O2/c1-2-17(22,13-4-3-5-14(18)10-13)16(21)20-9-7-12-11-19-8-6-15(12)20/h3-6,8,10-11,22H,2,7,9H2,1H3/t17-/m1/s1. The smallest absolute Gasteiger partial charge is 0.263 e. The van der Waals surface area contributed by atoms with Crippen LogP contribution in [0.3, 0.4) is 0 Å². The summed E-state index contributed by atoms with van der Waals surface area (Å²) < 4.78 is 0. The van der Waals surface area contributed by atoms with Gasteiger partial charge in [-0.05, 0) is 42.2 Å². The number of halogens is 1. The van der Waals surface area contributed by atoms with E-state index in [0.717, 1.165) is 17.7 Å². The van der Waals surface area contributed by atoms with Crippen molar-refractivity contribution >= 4 is 23.2 Å². The van der Waals surface area contributed by atoms with Crippen molar-refractivity contribution in [2.75, 3.05) is 11.4 Å². The molecule has 0 fully saturated rings. The van der Waals surface area contributed by atoms with Crippen LogP contribution in [0.1, 0.15) is 24.5 Å². The highest BCUT2D eigenvalue weighted by atomic mass is 35.5. The molecule has 0 saturated carbocycles. The van der Waals surface area contributed by atoms with Gasteiger partial charge in [-0.15, -0.1) is 0 Å². The average molecular weight is 317 g/mol. The summed E-state index contributed by atoms with van der Waals surface area (Å²) in [4.78, 5) is 18.7. The van der Waals surface area contributed by atoms with E-state index in [4.69, 9.17) is 11.6 Å². The number of benzene rings is 1. The van der Waals surface area contributed by atoms with Crippen molar-refractivity contribution in [2.45, 2.75) is 25.4 Å². The van der Waals surface area contributed by atoms with Gasteiger partial charge in [0.15, 0.2) is 5.60 Å². The maximum absolute atomic E-state index is 13.0. The molecule has 0 bridgehead atoms. The summed E-state index contributed by atoms with van der Waals surface area (Å²) in [5.41, 5.74) is 0.805. The Kier molecular flexibility index (Phi) is 3.89. The Morgan fingerprint density at radius 1 is 1.45 bits per heavy atom. The Morgan fingerprint density at radius 3 is 3.00 bits per heavy atom. The van der Waals surface area contributed by atoms with Gasteiger partial charge >= 0.3 is 0 Å². The van der Waals surface area contributed by atoms with Crippen LogP contribution in [0.2, 0.25) is 5.02 Å². The highest BCUT2D eigenvalue weighted by Gasteiger charge is 2.41. The van der Waals surface area contributed by atoms with Crippen LogP contribution < -0.4 is 4.90 Å². The third-order valence-corrected chi connectivity index (χ3v) is 4.42. The van der Waals surface area contributed by atoms with Crippen molar-refractivity contribution in [3.05, 3.63) is 58.9 Å². The highest BCUT2D eigenvalue weighted by Crippen LogP contribution is 2.34. The van der Waals surface area contributed by atoms with Gasteiger partial charge in [-0.25, -0.2) is 0 Å². The summed E-state index contributed by atoms with van der Waals surface area (Å²) in [7, 11) is 0. The molecule has 2 aromatic rings. The second kappa shape index (κ2) is 5.71. The average Bonchev–Trinajstić information content (AvgIpc) is 2.97. The minimum absolute atomic E-state index is 0.281. The number of hydrogen-bond acceptors (Lipinski definition) is 3. The molecule has 1 aromatic carbocycles. The lowest BCUT2D eigenvalue weighted by Crippen LogP contribution is -2.46. The topological polar surface area (TPSA) is 53.4 Å². The molecule has 0 spiro atoms. The molecule has 3 rings (SSSR count). The number of anilines is 1. The molecule has 1 N–H and O–H groups in total. The number of rotatable bonds is 3. The fourth-order valence-corrected chi connectivity index (χ4v) is 3.08. The second-order valence-corrected chi connectivity index (χ2v) is 5.87. The molecule has 4 nitrogen and oxygen atoms in total. The minimum atomic E-state index is -1.57. The predicted molar refractivity (Wildman–Crippen MR) is 85.9 cm³/mol. The first-order valence-corrected chi connectivity index (χ1v) is 7.67. The zero-order valence-electron chi connectivity index (χ0n) is 12.3. The second-order valence-electron chi connectivity index (χ2n) is 5.44. The number of aromatic nitrogens is 1. The van der Waals surface area contributed by atoms with E-state index in [1.54, 1.807) is 48.5 Å². The Morgan fingerprint density at radius 2 is 2.27 bits per heavy atom. The molecule has 1 atom stereocenters. The van der Waals surface area contributed by atoms with Crippen LogP contribution in [0.5, 0.6) is 0 Å². The van der Waals surface area contributed by atoms with Crippen molar-refractivity contribution in [3.63, 3.8) is 0 Å². The lowest BCUT2D eigenvalue weighted by atomic mass is 9.89. The van der Waals surface area contributed by atoms with Crippen LogP contribution in [0.4, 0.5) is 5.69 Å². The van der Waals surface area contributed by atoms with Crippen LogP contribution >= 0.6 is 11.6 Å². The molecule has 114 valence electrons. The van der Waals surface area contributed by atoms with E-state index in [1.165, 1.54) is 0 Å². The molecule has 0 aliphatic carbocycles. The van der Waals surface area contributed by atoms with E-state index in [-0.39, 0.29) is 12.3 Å². The van der Waals surface area contributed by atoms with Gasteiger partial charge in [-0.2, -0.15) is 0 Å². The van der Waals surface area contributed by atoms with Crippen molar-refractivity contribution in [2.24, 2.45) is 0 Å². The molecule has 0 saturated heterocycles. The summed E-state index contributed by atoms with van der Waals surface area (Å²) >= 11 is 6.01. The Hall–Kier alpha value is -1.91. The molecular weight excluding hydrogens is 300 g/mol. The minimum Gasteiger partial charge on any atom is -0.375 e. The Bertz CT molecular complexity index is 719. The predicted octanol–water partition coefficient (Wildman–Crippen LogP) is 2.92. The fraction of sp³-hybridized carbons (Fsp3) is 0.294. The van der Waals surface area contributed by atoms with Crippen molar-refractivity contribution in [1.29, 1.82) is 0 Å². The number of carbonyl (C=O) groups is 1. The zero-order chi connectivity index (χ0) is 15.7. The lowest BCUT2D eigenvalue weighted by Gasteiger charge is -2.31. The Balaban J connectivity index is 1.99. The molecule has 22 heavy (non-hydrogen) atoms. The van der Waals surface area contributed by atoms with Crippen molar-refractivity contribution < 1.29 is 9.90 Å². The quantitative estimate of drug-likeness (QED) is 0.947. The number of nitrogens with zero attached hydrogens (tertiary/aromatic N) is 2. The largest absolute Gasteiger partial charge is 0.375 e. The SMILES string of the molecule is CC[C@](O)(C(=O)N1CCc2cnccc21)c1cccc(Cl)c1. The van der Waals surface area contributed by atoms with Gasteiger partial charge in [0.25, 0.3) is 5.91 Å². The van der Waals surface area contributed by atoms with Crippen LogP contribution in [-0.2, 0) is 16.8 Å². The molecule has 5 heteroatoms. The van der Waals surface area contributed by atoms with E-state index in [2.05, 4.69) is 4.98 Å². The number of amides is 1. The van der Waals surface area contributed by atoms with E-state index in [9.17, 15) is 9.90 Å². The number of hydrogen-bond donors (Lipinski definition) is 1. The van der Waals surface area contributed by atoms with Crippen LogP contribution in [0, 0.1) is 0 Å². The molecule has 1 aliphatic rings. The molecule has 0 unspecified atom stereocenters. The van der Waals surface area contributed by atoms with Crippen molar-refractivity contribution in [1.82, 2.24) is 4.98 Å². The number of pyridine rings is 1. The monoisotopic (exact) mass is 316 g/mol. The van der Waals surface area contributed by atoms with E-state index < -0.39 is 5.60 Å². The summed E-state index contributed by atoms with van der Waals surface area (Å²) in [6.45, 7) is 2.35. The van der Waals surface area contributed by atoms with Gasteiger partial charge in [0.2, 0.25) is 0 Å². The number of fused-ring (bicyclic) bond motifs is 1. The summed E-state index contributed by atoms with van der Waals surface area (Å²) in [6, 6.07) is 8.66. The fourth-order valence-electron chi connectivity index (χ4n) is 2.89. The lowest BCUT2D eigenvalue weighted by molar-refractivity contribution is -0.138.